The number of nitrogens with zero attached hydrogens (tertiary/aromatic N) is 2. The van der Waals surface area contributed by atoms with Gasteiger partial charge in [-0.05, 0) is 36.5 Å². The summed E-state index contributed by atoms with van der Waals surface area (Å²) in [6.45, 7) is 6.66. The molecule has 0 aromatic heterocycles. The summed E-state index contributed by atoms with van der Waals surface area (Å²) >= 11 is 6.24. The highest BCUT2D eigenvalue weighted by atomic mass is 35.5. The summed E-state index contributed by atoms with van der Waals surface area (Å²) in [5, 5.41) is 9.51. The van der Waals surface area contributed by atoms with Gasteiger partial charge in [0.2, 0.25) is 0 Å². The summed E-state index contributed by atoms with van der Waals surface area (Å²) in [6.07, 6.45) is 1.28. The van der Waals surface area contributed by atoms with Crippen LogP contribution in [0, 0.1) is 23.2 Å². The fourth-order valence-corrected chi connectivity index (χ4v) is 2.99. The highest BCUT2D eigenvalue weighted by Crippen LogP contribution is 2.31. The van der Waals surface area contributed by atoms with Gasteiger partial charge in [0.25, 0.3) is 0 Å². The van der Waals surface area contributed by atoms with Crippen molar-refractivity contribution in [3.63, 3.8) is 0 Å². The number of nitriles is 1. The largest absolute Gasteiger partial charge is 0.370 e. The predicted molar refractivity (Wildman–Crippen MR) is 71.3 cm³/mol. The number of hydrogen-bond acceptors (Lipinski definition) is 2. The topological polar surface area (TPSA) is 27.0 Å². The molecule has 17 heavy (non-hydrogen) atoms. The van der Waals surface area contributed by atoms with E-state index in [9.17, 15) is 0 Å². The molecule has 0 radical (unpaired) electrons. The van der Waals surface area contributed by atoms with Crippen LogP contribution in [0.3, 0.4) is 0 Å². The Morgan fingerprint density at radius 3 is 2.47 bits per heavy atom. The molecule has 0 aliphatic carbocycles. The van der Waals surface area contributed by atoms with E-state index in [4.69, 9.17) is 16.9 Å². The molecule has 1 heterocycles. The van der Waals surface area contributed by atoms with Crippen molar-refractivity contribution in [1.82, 2.24) is 0 Å². The van der Waals surface area contributed by atoms with Gasteiger partial charge in [0.05, 0.1) is 22.3 Å². The lowest BCUT2D eigenvalue weighted by Crippen LogP contribution is -2.38. The minimum absolute atomic E-state index is 0.622. The first kappa shape index (κ1) is 12.3. The third kappa shape index (κ3) is 2.73. The number of hydrogen-bond donors (Lipinski definition) is 0. The van der Waals surface area contributed by atoms with E-state index < -0.39 is 0 Å². The van der Waals surface area contributed by atoms with E-state index >= 15 is 0 Å². The summed E-state index contributed by atoms with van der Waals surface area (Å²) in [5.74, 6) is 1.40. The van der Waals surface area contributed by atoms with Crippen LogP contribution in [0.4, 0.5) is 5.69 Å². The molecule has 1 aromatic carbocycles. The van der Waals surface area contributed by atoms with Crippen molar-refractivity contribution < 1.29 is 0 Å². The second-order valence-electron chi connectivity index (χ2n) is 5.13. The molecule has 2 rings (SSSR count). The first-order chi connectivity index (χ1) is 8.10. The Kier molecular flexibility index (Phi) is 3.59. The van der Waals surface area contributed by atoms with Crippen molar-refractivity contribution in [2.75, 3.05) is 18.0 Å². The normalized spacial score (nSPS) is 24.5. The standard InChI is InChI=1S/C14H17ClN2/c1-10-5-11(2)9-17(8-10)14-4-3-12(7-16)6-13(14)15/h3-4,6,10-11H,5,8-9H2,1-2H3. The maximum absolute atomic E-state index is 8.83. The van der Waals surface area contributed by atoms with Crippen molar-refractivity contribution in [2.45, 2.75) is 20.3 Å². The average Bonchev–Trinajstić information content (AvgIpc) is 2.27. The first-order valence-electron chi connectivity index (χ1n) is 6.04. The minimum Gasteiger partial charge on any atom is -0.370 e. The molecular weight excluding hydrogens is 232 g/mol. The SMILES string of the molecule is CC1CC(C)CN(c2ccc(C#N)cc2Cl)C1. The van der Waals surface area contributed by atoms with E-state index in [0.29, 0.717) is 22.4 Å². The van der Waals surface area contributed by atoms with E-state index in [1.54, 1.807) is 6.07 Å². The van der Waals surface area contributed by atoms with E-state index in [0.717, 1.165) is 18.8 Å². The molecule has 1 saturated heterocycles. The number of halogens is 1. The van der Waals surface area contributed by atoms with Gasteiger partial charge in [-0.25, -0.2) is 0 Å². The summed E-state index contributed by atoms with van der Waals surface area (Å²) in [7, 11) is 0. The minimum atomic E-state index is 0.622. The van der Waals surface area contributed by atoms with Gasteiger partial charge in [-0.3, -0.25) is 0 Å². The predicted octanol–water partition coefficient (Wildman–Crippen LogP) is 3.69. The third-order valence-corrected chi connectivity index (χ3v) is 3.59. The molecule has 0 bridgehead atoms. The molecule has 0 N–H and O–H groups in total. The van der Waals surface area contributed by atoms with Gasteiger partial charge in [-0.15, -0.1) is 0 Å². The second-order valence-corrected chi connectivity index (χ2v) is 5.54. The molecule has 0 saturated carbocycles. The summed E-state index contributed by atoms with van der Waals surface area (Å²) < 4.78 is 0. The summed E-state index contributed by atoms with van der Waals surface area (Å²) in [5.41, 5.74) is 1.68. The van der Waals surface area contributed by atoms with E-state index in [2.05, 4.69) is 24.8 Å². The van der Waals surface area contributed by atoms with Gasteiger partial charge < -0.3 is 4.90 Å². The zero-order valence-corrected chi connectivity index (χ0v) is 11.0. The average molecular weight is 249 g/mol. The van der Waals surface area contributed by atoms with E-state index in [1.165, 1.54) is 6.42 Å². The number of piperidine rings is 1. The lowest BCUT2D eigenvalue weighted by Gasteiger charge is -2.37. The summed E-state index contributed by atoms with van der Waals surface area (Å²) in [6, 6.07) is 7.67. The number of benzene rings is 1. The Labute approximate surface area is 108 Å². The molecule has 0 spiro atoms. The van der Waals surface area contributed by atoms with Crippen LogP contribution < -0.4 is 4.90 Å². The Morgan fingerprint density at radius 1 is 1.29 bits per heavy atom. The molecule has 1 aliphatic heterocycles. The Hall–Kier alpha value is -1.20. The molecule has 3 heteroatoms. The van der Waals surface area contributed by atoms with E-state index in [1.807, 2.05) is 12.1 Å². The first-order valence-corrected chi connectivity index (χ1v) is 6.42. The zero-order chi connectivity index (χ0) is 12.4. The molecule has 1 aromatic rings. The fraction of sp³-hybridized carbons (Fsp3) is 0.500. The lowest BCUT2D eigenvalue weighted by atomic mass is 9.91. The van der Waals surface area contributed by atoms with Gasteiger partial charge in [0.15, 0.2) is 0 Å². The molecule has 1 fully saturated rings. The van der Waals surface area contributed by atoms with Crippen LogP contribution in [0.1, 0.15) is 25.8 Å². The van der Waals surface area contributed by atoms with Crippen LogP contribution in [0.25, 0.3) is 0 Å². The van der Waals surface area contributed by atoms with Gasteiger partial charge >= 0.3 is 0 Å². The molecule has 2 unspecified atom stereocenters. The van der Waals surface area contributed by atoms with E-state index in [-0.39, 0.29) is 0 Å². The Balaban J connectivity index is 2.25. The van der Waals surface area contributed by atoms with Gasteiger partial charge in [0, 0.05) is 13.1 Å². The highest BCUT2D eigenvalue weighted by molar-refractivity contribution is 6.33. The molecule has 1 aliphatic rings. The number of rotatable bonds is 1. The van der Waals surface area contributed by atoms with Crippen LogP contribution >= 0.6 is 11.6 Å². The van der Waals surface area contributed by atoms with Crippen LogP contribution in [0.15, 0.2) is 18.2 Å². The highest BCUT2D eigenvalue weighted by Gasteiger charge is 2.23. The van der Waals surface area contributed by atoms with Crippen molar-refractivity contribution in [3.05, 3.63) is 28.8 Å². The maximum atomic E-state index is 8.83. The van der Waals surface area contributed by atoms with Crippen molar-refractivity contribution >= 4 is 17.3 Å². The summed E-state index contributed by atoms with van der Waals surface area (Å²) in [4.78, 5) is 2.34. The van der Waals surface area contributed by atoms with Crippen molar-refractivity contribution in [2.24, 2.45) is 11.8 Å². The van der Waals surface area contributed by atoms with Crippen LogP contribution in [-0.2, 0) is 0 Å². The van der Waals surface area contributed by atoms with Crippen molar-refractivity contribution in [1.29, 1.82) is 5.26 Å². The number of anilines is 1. The van der Waals surface area contributed by atoms with Crippen LogP contribution in [0.2, 0.25) is 5.02 Å². The lowest BCUT2D eigenvalue weighted by molar-refractivity contribution is 0.357. The fourth-order valence-electron chi connectivity index (χ4n) is 2.69. The zero-order valence-electron chi connectivity index (χ0n) is 10.3. The smallest absolute Gasteiger partial charge is 0.0992 e. The second kappa shape index (κ2) is 4.98. The Bertz CT molecular complexity index is 440. The molecule has 2 atom stereocenters. The molecule has 2 nitrogen and oxygen atoms in total. The van der Waals surface area contributed by atoms with Gasteiger partial charge in [0.1, 0.15) is 0 Å². The van der Waals surface area contributed by atoms with Gasteiger partial charge in [-0.1, -0.05) is 25.4 Å². The molecular formula is C14H17ClN2. The molecule has 0 amide bonds. The van der Waals surface area contributed by atoms with Crippen molar-refractivity contribution in [3.8, 4) is 6.07 Å². The van der Waals surface area contributed by atoms with Crippen LogP contribution in [0.5, 0.6) is 0 Å². The Morgan fingerprint density at radius 2 is 1.94 bits per heavy atom. The monoisotopic (exact) mass is 248 g/mol. The third-order valence-electron chi connectivity index (χ3n) is 3.29. The van der Waals surface area contributed by atoms with Gasteiger partial charge in [-0.2, -0.15) is 5.26 Å². The van der Waals surface area contributed by atoms with Crippen LogP contribution in [-0.4, -0.2) is 13.1 Å². The molecule has 90 valence electrons. The maximum Gasteiger partial charge on any atom is 0.0992 e. The quantitative estimate of drug-likeness (QED) is 0.758.